The zero-order chi connectivity index (χ0) is 48.7. The lowest BCUT2D eigenvalue weighted by molar-refractivity contribution is -0.302. The highest BCUT2D eigenvalue weighted by Gasteiger charge is 2.56. The first kappa shape index (κ1) is 55.3. The van der Waals surface area contributed by atoms with Gasteiger partial charge in [-0.15, -0.1) is 6.58 Å². The molecule has 4 rings (SSSR count). The smallest absolute Gasteiger partial charge is 0.329 e. The van der Waals surface area contributed by atoms with Gasteiger partial charge >= 0.3 is 11.9 Å². The van der Waals surface area contributed by atoms with Crippen LogP contribution < -0.4 is 0 Å². The number of esters is 2. The maximum Gasteiger partial charge on any atom is 0.329 e. The monoisotopic (exact) mass is 930 g/mol. The number of carbonyl (C=O) groups excluding carboxylic acids is 5. The van der Waals surface area contributed by atoms with E-state index in [4.69, 9.17) is 28.4 Å². The highest BCUT2D eigenvalue weighted by Crippen LogP contribution is 2.39. The molecule has 0 aromatic rings. The maximum atomic E-state index is 14.5. The highest BCUT2D eigenvalue weighted by atomic mass is 16.7. The average molecular weight is 930 g/mol. The molecule has 2 N–H and O–H groups in total. The Hall–Kier alpha value is -3.27. The molecule has 374 valence electrons. The van der Waals surface area contributed by atoms with Gasteiger partial charge in [-0.1, -0.05) is 77.2 Å². The van der Waals surface area contributed by atoms with Gasteiger partial charge in [0.05, 0.1) is 24.4 Å². The van der Waals surface area contributed by atoms with Gasteiger partial charge in [0.15, 0.2) is 0 Å². The van der Waals surface area contributed by atoms with Crippen molar-refractivity contribution < 1.29 is 62.6 Å². The molecule has 0 aromatic carbocycles. The second-order valence-corrected chi connectivity index (χ2v) is 19.9. The quantitative estimate of drug-likeness (QED) is 0.0754. The summed E-state index contributed by atoms with van der Waals surface area (Å²) in [7, 11) is 4.66. The highest BCUT2D eigenvalue weighted by molar-refractivity contribution is 6.39. The van der Waals surface area contributed by atoms with Gasteiger partial charge in [0.2, 0.25) is 5.79 Å². The topological polar surface area (TPSA) is 184 Å². The van der Waals surface area contributed by atoms with Crippen LogP contribution in [-0.2, 0) is 52.4 Å². The molecule has 2 saturated heterocycles. The second-order valence-electron chi connectivity index (χ2n) is 19.9. The normalized spacial score (nSPS) is 36.9. The van der Waals surface area contributed by atoms with Crippen LogP contribution in [0, 0.1) is 29.6 Å². The number of aliphatic hydroxyl groups is 2. The van der Waals surface area contributed by atoms with Crippen LogP contribution in [0.3, 0.4) is 0 Å². The number of ether oxygens (including phenoxy) is 6. The number of allylic oxidation sites excluding steroid dienone is 4. The molecule has 14 nitrogen and oxygen atoms in total. The maximum absolute atomic E-state index is 14.5. The Bertz CT molecular complexity index is 1690. The summed E-state index contributed by atoms with van der Waals surface area (Å²) in [5, 5.41) is 24.0. The first-order valence-corrected chi connectivity index (χ1v) is 24.8. The number of nitrogens with zero attached hydrogens (tertiary/aromatic N) is 1. The Morgan fingerprint density at radius 1 is 0.909 bits per heavy atom. The molecule has 0 spiro atoms. The number of aliphatic hydroxyl groups excluding tert-OH is 1. The van der Waals surface area contributed by atoms with Crippen LogP contribution in [0.5, 0.6) is 0 Å². The largest absolute Gasteiger partial charge is 0.460 e. The second kappa shape index (κ2) is 26.5. The summed E-state index contributed by atoms with van der Waals surface area (Å²) >= 11 is 0. The lowest BCUT2D eigenvalue weighted by atomic mass is 9.81. The summed E-state index contributed by atoms with van der Waals surface area (Å²) in [5.74, 6) is -8.14. The summed E-state index contributed by atoms with van der Waals surface area (Å²) in [6.07, 6.45) is 10.5. The number of ketones is 2. The van der Waals surface area contributed by atoms with Crippen LogP contribution in [0.25, 0.3) is 0 Å². The number of carbonyl (C=O) groups is 5. The molecular weight excluding hydrogens is 847 g/mol. The van der Waals surface area contributed by atoms with E-state index in [1.165, 1.54) is 19.1 Å². The summed E-state index contributed by atoms with van der Waals surface area (Å²) in [6, 6.07) is -1.16. The third-order valence-electron chi connectivity index (χ3n) is 14.6. The average Bonchev–Trinajstić information content (AvgIpc) is 3.29. The lowest BCUT2D eigenvalue weighted by Gasteiger charge is -2.47. The molecule has 3 aliphatic heterocycles. The molecule has 0 unspecified atom stereocenters. The van der Waals surface area contributed by atoms with Gasteiger partial charge in [-0.2, -0.15) is 0 Å². The molecule has 14 heteroatoms. The molecular formula is C52H83NO13. The molecule has 1 amide bonds. The number of hydrogen-bond acceptors (Lipinski definition) is 13. The Morgan fingerprint density at radius 3 is 2.26 bits per heavy atom. The van der Waals surface area contributed by atoms with Crippen LogP contribution in [-0.4, -0.2) is 127 Å². The van der Waals surface area contributed by atoms with Crippen LogP contribution in [0.15, 0.2) is 36.0 Å². The van der Waals surface area contributed by atoms with Crippen molar-refractivity contribution in [1.29, 1.82) is 0 Å². The van der Waals surface area contributed by atoms with Gasteiger partial charge in [0, 0.05) is 58.5 Å². The van der Waals surface area contributed by atoms with Crippen molar-refractivity contribution in [2.75, 3.05) is 27.9 Å². The fourth-order valence-electron chi connectivity index (χ4n) is 10.6. The molecule has 2 bridgehead atoms. The SMILES string of the molecule is C=CC[C@@H]1/C=C(\C)C[C@H](C)C[C@H](OC)[C@H]2O[C@@](O)(C(=O)C(=O)N3CCCC[C@H]3C(=O)O[C@H](/C(C)=C/[C@@H]3CC[C@@H](OC(=O)CCCCCCC)[C@H](OC)C3)[C@H](C)[C@@H](O)CC1=O)[C@H](C)C[C@@H]2OC. The van der Waals surface area contributed by atoms with Crippen LogP contribution in [0.2, 0.25) is 0 Å². The standard InChI is InChI=1S/C52H83NO13/c1-11-13-14-15-16-21-46(56)64-42-23-22-37(30-43(42)61-8)28-34(5)47-36(7)40(54)31-41(55)38(19-12-2)26-32(3)25-33(4)27-44(62-9)48-45(63-10)29-35(6)52(60,66-48)49(57)50(58)53-24-18-17-20-39(53)51(59)65-47/h12,26,28,33,35-40,42-45,47-48,54,60H,2,11,13-25,27,29-31H2,1,3-10H3/b32-26+,34-28+/t33-,35+,36+,37-,38+,39-,40-,42+,43+,44-,45-,47+,48+,52+/m0/s1. The number of amides is 1. The summed E-state index contributed by atoms with van der Waals surface area (Å²) in [5.41, 5.74) is 1.60. The van der Waals surface area contributed by atoms with E-state index in [2.05, 4.69) is 13.5 Å². The fourth-order valence-corrected chi connectivity index (χ4v) is 10.6. The molecule has 3 fully saturated rings. The molecule has 3 heterocycles. The number of cyclic esters (lactones) is 1. The van der Waals surface area contributed by atoms with Crippen LogP contribution >= 0.6 is 0 Å². The molecule has 14 atom stereocenters. The number of piperidine rings is 1. The molecule has 4 aliphatic rings. The van der Waals surface area contributed by atoms with E-state index in [-0.39, 0.29) is 55.5 Å². The number of Topliss-reactive ketones (excluding diaryl/α,β-unsaturated/α-hetero) is 2. The molecule has 0 aromatic heterocycles. The third-order valence-corrected chi connectivity index (χ3v) is 14.6. The Kier molecular flexibility index (Phi) is 22.2. The predicted octanol–water partition coefficient (Wildman–Crippen LogP) is 7.55. The lowest BCUT2D eigenvalue weighted by Crippen LogP contribution is -2.64. The summed E-state index contributed by atoms with van der Waals surface area (Å²) in [4.78, 5) is 71.3. The minimum Gasteiger partial charge on any atom is -0.460 e. The van der Waals surface area contributed by atoms with E-state index < -0.39 is 83.9 Å². The Morgan fingerprint density at radius 2 is 1.59 bits per heavy atom. The molecule has 1 saturated carbocycles. The van der Waals surface area contributed by atoms with Gasteiger partial charge in [0.1, 0.15) is 30.1 Å². The van der Waals surface area contributed by atoms with Crippen molar-refractivity contribution in [2.45, 2.75) is 205 Å². The third kappa shape index (κ3) is 14.6. The predicted molar refractivity (Wildman–Crippen MR) is 250 cm³/mol. The number of hydrogen-bond donors (Lipinski definition) is 2. The van der Waals surface area contributed by atoms with E-state index >= 15 is 0 Å². The van der Waals surface area contributed by atoms with E-state index in [9.17, 15) is 34.2 Å². The minimum absolute atomic E-state index is 0.00147. The van der Waals surface area contributed by atoms with Crippen molar-refractivity contribution in [2.24, 2.45) is 29.6 Å². The van der Waals surface area contributed by atoms with Gasteiger partial charge < -0.3 is 43.5 Å². The van der Waals surface area contributed by atoms with E-state index in [0.717, 1.165) is 37.7 Å². The molecule has 1 aliphatic carbocycles. The van der Waals surface area contributed by atoms with Gasteiger partial charge in [-0.05, 0) is 102 Å². The summed E-state index contributed by atoms with van der Waals surface area (Å²) in [6.45, 7) is 15.3. The van der Waals surface area contributed by atoms with Crippen LogP contribution in [0.4, 0.5) is 0 Å². The number of fused-ring (bicyclic) bond motifs is 3. The van der Waals surface area contributed by atoms with E-state index in [1.807, 2.05) is 32.9 Å². The van der Waals surface area contributed by atoms with Crippen molar-refractivity contribution in [1.82, 2.24) is 4.90 Å². The Balaban J connectivity index is 1.69. The first-order valence-electron chi connectivity index (χ1n) is 24.8. The van der Waals surface area contributed by atoms with Crippen molar-refractivity contribution >= 4 is 29.4 Å². The number of methoxy groups -OCH3 is 3. The van der Waals surface area contributed by atoms with Gasteiger partial charge in [0.25, 0.3) is 11.7 Å². The van der Waals surface area contributed by atoms with Crippen LogP contribution in [0.1, 0.15) is 151 Å². The van der Waals surface area contributed by atoms with Gasteiger partial charge in [-0.25, -0.2) is 4.79 Å². The van der Waals surface area contributed by atoms with E-state index in [0.29, 0.717) is 63.4 Å². The van der Waals surface area contributed by atoms with E-state index in [1.54, 1.807) is 27.0 Å². The van der Waals surface area contributed by atoms with Gasteiger partial charge in [-0.3, -0.25) is 19.2 Å². The number of unbranched alkanes of at least 4 members (excludes halogenated alkanes) is 4. The zero-order valence-electron chi connectivity index (χ0n) is 41.5. The minimum atomic E-state index is -2.53. The zero-order valence-corrected chi connectivity index (χ0v) is 41.5. The van der Waals surface area contributed by atoms with Crippen molar-refractivity contribution in [3.05, 3.63) is 36.0 Å². The van der Waals surface area contributed by atoms with Crippen molar-refractivity contribution in [3.63, 3.8) is 0 Å². The number of rotatable bonds is 14. The molecule has 0 radical (unpaired) electrons. The Labute approximate surface area is 394 Å². The summed E-state index contributed by atoms with van der Waals surface area (Å²) < 4.78 is 36.2. The fraction of sp³-hybridized carbons (Fsp3) is 0.788. The van der Waals surface area contributed by atoms with Crippen molar-refractivity contribution in [3.8, 4) is 0 Å². The molecule has 66 heavy (non-hydrogen) atoms. The first-order chi connectivity index (χ1) is 31.4.